The topological polar surface area (TPSA) is 41.6 Å². The maximum absolute atomic E-state index is 13.5. The Hall–Kier alpha value is -1.95. The van der Waals surface area contributed by atoms with Crippen LogP contribution in [0.4, 0.5) is 4.39 Å². The fourth-order valence-electron chi connectivity index (χ4n) is 2.84. The molecule has 1 aromatic rings. The highest BCUT2D eigenvalue weighted by Gasteiger charge is 2.40. The van der Waals surface area contributed by atoms with E-state index in [2.05, 4.69) is 5.32 Å². The van der Waals surface area contributed by atoms with E-state index in [0.717, 1.165) is 18.5 Å². The third kappa shape index (κ3) is 2.59. The average molecular weight is 320 g/mol. The molecule has 0 spiro atoms. The first-order chi connectivity index (χ1) is 10.5. The number of esters is 1. The molecule has 0 unspecified atom stereocenters. The van der Waals surface area contributed by atoms with E-state index in [-0.39, 0.29) is 5.82 Å². The van der Waals surface area contributed by atoms with Gasteiger partial charge in [-0.2, -0.15) is 0 Å². The van der Waals surface area contributed by atoms with Crippen LogP contribution in [0, 0.1) is 5.82 Å². The summed E-state index contributed by atoms with van der Waals surface area (Å²) in [5, 5.41) is 3.73. The molecule has 116 valence electrons. The molecule has 22 heavy (non-hydrogen) atoms. The summed E-state index contributed by atoms with van der Waals surface area (Å²) in [5.74, 6) is -0.774. The summed E-state index contributed by atoms with van der Waals surface area (Å²) >= 11 is 5.44. The van der Waals surface area contributed by atoms with Gasteiger partial charge in [-0.15, -0.1) is 0 Å². The lowest BCUT2D eigenvalue weighted by Crippen LogP contribution is -2.48. The Kier molecular flexibility index (Phi) is 3.87. The SMILES string of the molecule is COC(=O)C1=C(C)N(C2CC2)C(=S)N[C@@H]1c1cccc(F)c1. The number of thiocarbonyl (C=S) groups is 1. The number of carbonyl (C=O) groups is 1. The van der Waals surface area contributed by atoms with Crippen LogP contribution < -0.4 is 5.32 Å². The molecule has 1 fully saturated rings. The van der Waals surface area contributed by atoms with Crippen molar-refractivity contribution in [3.63, 3.8) is 0 Å². The van der Waals surface area contributed by atoms with Crippen molar-refractivity contribution >= 4 is 23.3 Å². The molecule has 6 heteroatoms. The third-order valence-corrected chi connectivity index (χ3v) is 4.34. The van der Waals surface area contributed by atoms with Crippen LogP contribution >= 0.6 is 12.2 Å². The number of nitrogens with zero attached hydrogens (tertiary/aromatic N) is 1. The molecule has 1 aliphatic heterocycles. The first-order valence-corrected chi connectivity index (χ1v) is 7.58. The maximum Gasteiger partial charge on any atom is 0.337 e. The summed E-state index contributed by atoms with van der Waals surface area (Å²) in [6.45, 7) is 1.87. The van der Waals surface area contributed by atoms with Gasteiger partial charge in [0.05, 0.1) is 18.7 Å². The zero-order valence-corrected chi connectivity index (χ0v) is 13.2. The number of nitrogens with one attached hydrogen (secondary N) is 1. The Bertz CT molecular complexity index is 670. The largest absolute Gasteiger partial charge is 0.466 e. The Morgan fingerprint density at radius 3 is 2.77 bits per heavy atom. The maximum atomic E-state index is 13.5. The smallest absolute Gasteiger partial charge is 0.337 e. The predicted octanol–water partition coefficient (Wildman–Crippen LogP) is 2.67. The lowest BCUT2D eigenvalue weighted by atomic mass is 9.95. The lowest BCUT2D eigenvalue weighted by molar-refractivity contribution is -0.136. The van der Waals surface area contributed by atoms with Crippen molar-refractivity contribution in [1.29, 1.82) is 0 Å². The molecule has 1 aliphatic carbocycles. The number of hydrogen-bond donors (Lipinski definition) is 1. The zero-order chi connectivity index (χ0) is 15.9. The summed E-state index contributed by atoms with van der Waals surface area (Å²) in [6, 6.07) is 6.01. The van der Waals surface area contributed by atoms with Crippen molar-refractivity contribution in [3.8, 4) is 0 Å². The molecule has 0 amide bonds. The highest BCUT2D eigenvalue weighted by molar-refractivity contribution is 7.80. The van der Waals surface area contributed by atoms with Crippen molar-refractivity contribution in [3.05, 3.63) is 46.9 Å². The van der Waals surface area contributed by atoms with Gasteiger partial charge in [-0.1, -0.05) is 12.1 Å². The molecule has 1 N–H and O–H groups in total. The number of methoxy groups -OCH3 is 1. The van der Waals surface area contributed by atoms with Crippen LogP contribution in [-0.4, -0.2) is 29.1 Å². The van der Waals surface area contributed by atoms with Gasteiger partial charge in [0.2, 0.25) is 0 Å². The highest BCUT2D eigenvalue weighted by atomic mass is 32.1. The number of carbonyl (C=O) groups excluding carboxylic acids is 1. The van der Waals surface area contributed by atoms with E-state index in [4.69, 9.17) is 17.0 Å². The molecular weight excluding hydrogens is 303 g/mol. The van der Waals surface area contributed by atoms with E-state index in [1.807, 2.05) is 11.8 Å². The van der Waals surface area contributed by atoms with Gasteiger partial charge < -0.3 is 15.0 Å². The van der Waals surface area contributed by atoms with Crippen molar-refractivity contribution in [2.75, 3.05) is 7.11 Å². The van der Waals surface area contributed by atoms with Gasteiger partial charge in [0.15, 0.2) is 5.11 Å². The first-order valence-electron chi connectivity index (χ1n) is 7.17. The van der Waals surface area contributed by atoms with Crippen LogP contribution in [0.3, 0.4) is 0 Å². The lowest BCUT2D eigenvalue weighted by Gasteiger charge is -2.37. The first kappa shape index (κ1) is 15.0. The monoisotopic (exact) mass is 320 g/mol. The fraction of sp³-hybridized carbons (Fsp3) is 0.375. The van der Waals surface area contributed by atoms with Gasteiger partial charge in [-0.3, -0.25) is 0 Å². The van der Waals surface area contributed by atoms with E-state index in [1.165, 1.54) is 19.2 Å². The minimum absolute atomic E-state index is 0.341. The van der Waals surface area contributed by atoms with Crippen LogP contribution in [0.2, 0.25) is 0 Å². The third-order valence-electron chi connectivity index (χ3n) is 4.03. The van der Waals surface area contributed by atoms with Crippen molar-refractivity contribution in [1.82, 2.24) is 10.2 Å². The Balaban J connectivity index is 2.08. The van der Waals surface area contributed by atoms with Gasteiger partial charge >= 0.3 is 5.97 Å². The number of hydrogen-bond acceptors (Lipinski definition) is 3. The van der Waals surface area contributed by atoms with E-state index in [0.29, 0.717) is 22.3 Å². The second kappa shape index (κ2) is 5.68. The molecule has 0 saturated heterocycles. The second-order valence-electron chi connectivity index (χ2n) is 5.53. The minimum atomic E-state index is -0.495. The minimum Gasteiger partial charge on any atom is -0.466 e. The van der Waals surface area contributed by atoms with Gasteiger partial charge in [-0.25, -0.2) is 9.18 Å². The highest BCUT2D eigenvalue weighted by Crippen LogP contribution is 2.37. The number of ether oxygens (including phenoxy) is 1. The average Bonchev–Trinajstić information content (AvgIpc) is 3.30. The molecule has 0 aromatic heterocycles. The summed E-state index contributed by atoms with van der Waals surface area (Å²) in [7, 11) is 1.35. The fourth-order valence-corrected chi connectivity index (χ4v) is 3.24. The van der Waals surface area contributed by atoms with Gasteiger partial charge in [-0.05, 0) is 49.7 Å². The van der Waals surface area contributed by atoms with Crippen LogP contribution in [0.5, 0.6) is 0 Å². The summed E-state index contributed by atoms with van der Waals surface area (Å²) in [6.07, 6.45) is 2.11. The molecule has 1 atom stereocenters. The van der Waals surface area contributed by atoms with E-state index in [9.17, 15) is 9.18 Å². The molecule has 0 radical (unpaired) electrons. The van der Waals surface area contributed by atoms with Gasteiger partial charge in [0, 0.05) is 11.7 Å². The molecule has 1 aromatic carbocycles. The van der Waals surface area contributed by atoms with Crippen LogP contribution in [0.1, 0.15) is 31.4 Å². The number of benzene rings is 1. The normalized spacial score (nSPS) is 21.7. The number of rotatable bonds is 3. The predicted molar refractivity (Wildman–Crippen MR) is 84.5 cm³/mol. The van der Waals surface area contributed by atoms with Crippen LogP contribution in [0.25, 0.3) is 0 Å². The van der Waals surface area contributed by atoms with E-state index >= 15 is 0 Å². The van der Waals surface area contributed by atoms with Gasteiger partial charge in [0.1, 0.15) is 5.82 Å². The van der Waals surface area contributed by atoms with E-state index in [1.54, 1.807) is 12.1 Å². The molecule has 3 rings (SSSR count). The standard InChI is InChI=1S/C16H17FN2O2S/c1-9-13(15(20)21-2)14(10-4-3-5-11(17)8-10)18-16(22)19(9)12-6-7-12/h3-5,8,12,14H,6-7H2,1-2H3,(H,18,22)/t14-/m1/s1. The van der Waals surface area contributed by atoms with Crippen molar-refractivity contribution in [2.24, 2.45) is 0 Å². The Morgan fingerprint density at radius 2 is 2.18 bits per heavy atom. The Labute approximate surface area is 133 Å². The summed E-state index contributed by atoms with van der Waals surface area (Å²) in [5.41, 5.74) is 1.92. The molecule has 1 saturated carbocycles. The van der Waals surface area contributed by atoms with Crippen molar-refractivity contribution < 1.29 is 13.9 Å². The number of allylic oxidation sites excluding steroid dienone is 1. The van der Waals surface area contributed by atoms with Crippen molar-refractivity contribution in [2.45, 2.75) is 31.8 Å². The van der Waals surface area contributed by atoms with Crippen LogP contribution in [0.15, 0.2) is 35.5 Å². The molecule has 0 bridgehead atoms. The molecule has 2 aliphatic rings. The molecule has 4 nitrogen and oxygen atoms in total. The van der Waals surface area contributed by atoms with Gasteiger partial charge in [0.25, 0.3) is 0 Å². The Morgan fingerprint density at radius 1 is 1.45 bits per heavy atom. The summed E-state index contributed by atoms with van der Waals surface area (Å²) in [4.78, 5) is 14.2. The second-order valence-corrected chi connectivity index (χ2v) is 5.92. The quantitative estimate of drug-likeness (QED) is 0.685. The van der Waals surface area contributed by atoms with Crippen LogP contribution in [-0.2, 0) is 9.53 Å². The molecular formula is C16H17FN2O2S. The molecule has 1 heterocycles. The number of halogens is 1. The summed E-state index contributed by atoms with van der Waals surface area (Å²) < 4.78 is 18.5. The van der Waals surface area contributed by atoms with E-state index < -0.39 is 12.0 Å². The zero-order valence-electron chi connectivity index (χ0n) is 12.4.